The average molecular weight is 234 g/mol. The zero-order valence-corrected chi connectivity index (χ0v) is 11.2. The molecule has 4 heteroatoms. The average Bonchev–Trinajstić information content (AvgIpc) is 2.01. The van der Waals surface area contributed by atoms with Crippen LogP contribution in [0.1, 0.15) is 48.0 Å². The van der Waals surface area contributed by atoms with Crippen molar-refractivity contribution < 1.29 is 20.1 Å². The first-order valence-corrected chi connectivity index (χ1v) is 5.56. The molecule has 0 bridgehead atoms. The van der Waals surface area contributed by atoms with Gasteiger partial charge in [0.15, 0.2) is 6.29 Å². The van der Waals surface area contributed by atoms with E-state index in [9.17, 15) is 4.79 Å². The second kappa shape index (κ2) is 7.63. The Bertz CT molecular complexity index is 192. The van der Waals surface area contributed by atoms with E-state index in [4.69, 9.17) is 15.3 Å². The largest absolute Gasteiger partial charge is 0.481 e. The van der Waals surface area contributed by atoms with E-state index in [1.807, 2.05) is 6.92 Å². The number of aliphatic carboxylic acids is 1. The highest BCUT2D eigenvalue weighted by molar-refractivity contribution is 5.68. The molecule has 3 N–H and O–H groups in total. The van der Waals surface area contributed by atoms with Crippen LogP contribution in [0.5, 0.6) is 0 Å². The van der Waals surface area contributed by atoms with Crippen LogP contribution < -0.4 is 0 Å². The second-order valence-corrected chi connectivity index (χ2v) is 5.65. The number of carboxylic acids is 1. The molecule has 0 heterocycles. The van der Waals surface area contributed by atoms with Crippen molar-refractivity contribution in [3.63, 3.8) is 0 Å². The zero-order chi connectivity index (χ0) is 13.5. The molecular weight excluding hydrogens is 208 g/mol. The van der Waals surface area contributed by atoms with Crippen molar-refractivity contribution in [2.45, 2.75) is 54.3 Å². The summed E-state index contributed by atoms with van der Waals surface area (Å²) in [5.41, 5.74) is 0.184. The Balaban J connectivity index is 0. The highest BCUT2D eigenvalue weighted by Crippen LogP contribution is 2.25. The quantitative estimate of drug-likeness (QED) is 0.653. The standard InChI is InChI=1S/C8H18O2.C4H8O2/c1-6(7(9)10)5-8(2,3)4;1-3(2)4(5)6/h6-7,9-10H,5H2,1-4H3;3H,1-2H3,(H,5,6). The lowest BCUT2D eigenvalue weighted by Crippen LogP contribution is -2.22. The predicted molar refractivity (Wildman–Crippen MR) is 63.9 cm³/mol. The third-order valence-corrected chi connectivity index (χ3v) is 1.94. The summed E-state index contributed by atoms with van der Waals surface area (Å²) in [7, 11) is 0. The van der Waals surface area contributed by atoms with Crippen LogP contribution in [0.2, 0.25) is 0 Å². The van der Waals surface area contributed by atoms with Gasteiger partial charge in [-0.2, -0.15) is 0 Å². The van der Waals surface area contributed by atoms with Crippen LogP contribution in [0.25, 0.3) is 0 Å². The number of aliphatic hydroxyl groups is 2. The molecule has 0 fully saturated rings. The van der Waals surface area contributed by atoms with Crippen LogP contribution in [0, 0.1) is 17.3 Å². The van der Waals surface area contributed by atoms with Crippen LogP contribution in [0.4, 0.5) is 0 Å². The molecular formula is C12H26O4. The summed E-state index contributed by atoms with van der Waals surface area (Å²) >= 11 is 0. The van der Waals surface area contributed by atoms with Crippen molar-refractivity contribution in [3.05, 3.63) is 0 Å². The first kappa shape index (κ1) is 17.8. The van der Waals surface area contributed by atoms with E-state index >= 15 is 0 Å². The topological polar surface area (TPSA) is 77.8 Å². The Hall–Kier alpha value is -0.610. The molecule has 0 aliphatic heterocycles. The van der Waals surface area contributed by atoms with E-state index in [1.165, 1.54) is 0 Å². The van der Waals surface area contributed by atoms with E-state index < -0.39 is 12.3 Å². The summed E-state index contributed by atoms with van der Waals surface area (Å²) in [5.74, 6) is -1.00. The normalized spacial score (nSPS) is 13.4. The smallest absolute Gasteiger partial charge is 0.305 e. The van der Waals surface area contributed by atoms with Crippen LogP contribution in [-0.2, 0) is 4.79 Å². The van der Waals surface area contributed by atoms with E-state index in [2.05, 4.69) is 20.8 Å². The molecule has 0 amide bonds. The summed E-state index contributed by atoms with van der Waals surface area (Å²) < 4.78 is 0. The van der Waals surface area contributed by atoms with Crippen molar-refractivity contribution in [1.82, 2.24) is 0 Å². The van der Waals surface area contributed by atoms with Gasteiger partial charge in [-0.05, 0) is 11.8 Å². The molecule has 1 unspecified atom stereocenters. The van der Waals surface area contributed by atoms with Gasteiger partial charge in [0, 0.05) is 5.92 Å². The summed E-state index contributed by atoms with van der Waals surface area (Å²) in [6, 6.07) is 0. The van der Waals surface area contributed by atoms with Gasteiger partial charge >= 0.3 is 5.97 Å². The summed E-state index contributed by atoms with van der Waals surface area (Å²) in [4.78, 5) is 9.70. The maximum atomic E-state index is 9.70. The van der Waals surface area contributed by atoms with Gasteiger partial charge in [0.05, 0.1) is 5.92 Å². The lowest BCUT2D eigenvalue weighted by Gasteiger charge is -2.23. The molecule has 0 aromatic rings. The minimum Gasteiger partial charge on any atom is -0.481 e. The molecule has 0 radical (unpaired) electrons. The molecule has 0 aromatic carbocycles. The molecule has 16 heavy (non-hydrogen) atoms. The maximum Gasteiger partial charge on any atom is 0.305 e. The number of aliphatic hydroxyl groups excluding tert-OH is 1. The first-order valence-electron chi connectivity index (χ1n) is 5.56. The molecule has 1 atom stereocenters. The number of rotatable bonds is 3. The highest BCUT2D eigenvalue weighted by Gasteiger charge is 2.19. The maximum absolute atomic E-state index is 9.70. The zero-order valence-electron chi connectivity index (χ0n) is 11.2. The predicted octanol–water partition coefficient (Wildman–Crippen LogP) is 2.10. The Morgan fingerprint density at radius 1 is 1.12 bits per heavy atom. The summed E-state index contributed by atoms with van der Waals surface area (Å²) in [5, 5.41) is 25.5. The lowest BCUT2D eigenvalue weighted by molar-refractivity contribution is -0.140. The van der Waals surface area contributed by atoms with E-state index in [-0.39, 0.29) is 17.3 Å². The van der Waals surface area contributed by atoms with Crippen LogP contribution in [-0.4, -0.2) is 27.6 Å². The van der Waals surface area contributed by atoms with Gasteiger partial charge in [-0.3, -0.25) is 4.79 Å². The van der Waals surface area contributed by atoms with Crippen LogP contribution in [0.3, 0.4) is 0 Å². The summed E-state index contributed by atoms with van der Waals surface area (Å²) in [6.45, 7) is 11.4. The molecule has 0 aliphatic rings. The number of carbonyl (C=O) groups is 1. The van der Waals surface area contributed by atoms with E-state index in [0.29, 0.717) is 0 Å². The summed E-state index contributed by atoms with van der Waals surface area (Å²) in [6.07, 6.45) is -0.329. The Morgan fingerprint density at radius 2 is 1.44 bits per heavy atom. The fraction of sp³-hybridized carbons (Fsp3) is 0.917. The van der Waals surface area contributed by atoms with E-state index in [1.54, 1.807) is 13.8 Å². The number of hydrogen-bond acceptors (Lipinski definition) is 3. The van der Waals surface area contributed by atoms with E-state index in [0.717, 1.165) is 6.42 Å². The second-order valence-electron chi connectivity index (χ2n) is 5.65. The number of hydrogen-bond donors (Lipinski definition) is 3. The molecule has 4 nitrogen and oxygen atoms in total. The third-order valence-electron chi connectivity index (χ3n) is 1.94. The van der Waals surface area contributed by atoms with Crippen LogP contribution >= 0.6 is 0 Å². The minimum absolute atomic E-state index is 0.0278. The van der Waals surface area contributed by atoms with Gasteiger partial charge in [-0.15, -0.1) is 0 Å². The fourth-order valence-corrected chi connectivity index (χ4v) is 1.07. The Morgan fingerprint density at radius 3 is 1.50 bits per heavy atom. The molecule has 98 valence electrons. The van der Waals surface area contributed by atoms with Gasteiger partial charge in [0.2, 0.25) is 0 Å². The van der Waals surface area contributed by atoms with Crippen molar-refractivity contribution >= 4 is 5.97 Å². The van der Waals surface area contributed by atoms with Crippen molar-refractivity contribution in [2.75, 3.05) is 0 Å². The molecule has 0 saturated carbocycles. The van der Waals surface area contributed by atoms with Crippen molar-refractivity contribution in [2.24, 2.45) is 17.3 Å². The highest BCUT2D eigenvalue weighted by atomic mass is 16.5. The van der Waals surface area contributed by atoms with Gasteiger partial charge < -0.3 is 15.3 Å². The SMILES string of the molecule is CC(C)C(=O)O.CC(CC(C)(C)C)C(O)O. The third kappa shape index (κ3) is 13.4. The number of carboxylic acid groups (broad SMARTS) is 1. The van der Waals surface area contributed by atoms with Crippen molar-refractivity contribution in [3.8, 4) is 0 Å². The van der Waals surface area contributed by atoms with Gasteiger partial charge in [-0.25, -0.2) is 0 Å². The molecule has 0 aromatic heterocycles. The van der Waals surface area contributed by atoms with Crippen molar-refractivity contribution in [1.29, 1.82) is 0 Å². The monoisotopic (exact) mass is 234 g/mol. The molecule has 0 spiro atoms. The van der Waals surface area contributed by atoms with Gasteiger partial charge in [-0.1, -0.05) is 41.5 Å². The minimum atomic E-state index is -1.17. The fourth-order valence-electron chi connectivity index (χ4n) is 1.07. The van der Waals surface area contributed by atoms with Gasteiger partial charge in [0.25, 0.3) is 0 Å². The molecule has 0 saturated heterocycles. The molecule has 0 aliphatic carbocycles. The van der Waals surface area contributed by atoms with Gasteiger partial charge in [0.1, 0.15) is 0 Å². The molecule has 0 rings (SSSR count). The Kier molecular flexibility index (Phi) is 8.47. The van der Waals surface area contributed by atoms with Crippen LogP contribution in [0.15, 0.2) is 0 Å². The Labute approximate surface area is 98.3 Å². The first-order chi connectivity index (χ1) is 6.97. The lowest BCUT2D eigenvalue weighted by atomic mass is 9.85.